The largest absolute Gasteiger partial charge is 0.381 e. The summed E-state index contributed by atoms with van der Waals surface area (Å²) in [7, 11) is 0. The Morgan fingerprint density at radius 1 is 1.17 bits per heavy atom. The van der Waals surface area contributed by atoms with Gasteiger partial charge in [0.2, 0.25) is 0 Å². The number of hydrogen-bond acceptors (Lipinski definition) is 3. The lowest BCUT2D eigenvalue weighted by atomic mass is 9.74. The van der Waals surface area contributed by atoms with Gasteiger partial charge in [0.1, 0.15) is 5.82 Å². The SMILES string of the molecule is S=C(NCC1(c2ccccc2)CCOCC1)Nc1ccc(Br)cn1. The number of aromatic nitrogens is 1. The molecule has 1 aliphatic rings. The van der Waals surface area contributed by atoms with Gasteiger partial charge in [-0.2, -0.15) is 0 Å². The maximum atomic E-state index is 5.57. The van der Waals surface area contributed by atoms with Crippen molar-refractivity contribution in [1.82, 2.24) is 10.3 Å². The predicted molar refractivity (Wildman–Crippen MR) is 104 cm³/mol. The first kappa shape index (κ1) is 17.3. The highest BCUT2D eigenvalue weighted by Gasteiger charge is 2.34. The zero-order valence-electron chi connectivity index (χ0n) is 13.3. The number of pyridine rings is 1. The van der Waals surface area contributed by atoms with Gasteiger partial charge in [0.25, 0.3) is 0 Å². The van der Waals surface area contributed by atoms with Crippen LogP contribution in [0.1, 0.15) is 18.4 Å². The fourth-order valence-corrected chi connectivity index (χ4v) is 3.39. The molecule has 6 heteroatoms. The molecule has 2 aromatic rings. The van der Waals surface area contributed by atoms with Gasteiger partial charge in [-0.15, -0.1) is 0 Å². The molecule has 0 atom stereocenters. The lowest BCUT2D eigenvalue weighted by molar-refractivity contribution is 0.0515. The third-order valence-electron chi connectivity index (χ3n) is 4.39. The van der Waals surface area contributed by atoms with E-state index in [-0.39, 0.29) is 5.41 Å². The van der Waals surface area contributed by atoms with E-state index >= 15 is 0 Å². The fourth-order valence-electron chi connectivity index (χ4n) is 2.98. The van der Waals surface area contributed by atoms with Gasteiger partial charge in [0, 0.05) is 35.8 Å². The molecule has 0 amide bonds. The van der Waals surface area contributed by atoms with Gasteiger partial charge in [-0.05, 0) is 58.7 Å². The number of nitrogens with zero attached hydrogens (tertiary/aromatic N) is 1. The van der Waals surface area contributed by atoms with Crippen LogP contribution in [0.3, 0.4) is 0 Å². The monoisotopic (exact) mass is 405 g/mol. The Hall–Kier alpha value is -1.50. The van der Waals surface area contributed by atoms with E-state index < -0.39 is 0 Å². The number of nitrogens with one attached hydrogen (secondary N) is 2. The molecule has 1 aliphatic heterocycles. The Morgan fingerprint density at radius 2 is 1.92 bits per heavy atom. The molecule has 126 valence electrons. The minimum Gasteiger partial charge on any atom is -0.381 e. The average molecular weight is 406 g/mol. The number of ether oxygens (including phenoxy) is 1. The van der Waals surface area contributed by atoms with Crippen LogP contribution >= 0.6 is 28.1 Å². The maximum absolute atomic E-state index is 5.57. The maximum Gasteiger partial charge on any atom is 0.171 e. The van der Waals surface area contributed by atoms with E-state index in [1.165, 1.54) is 5.56 Å². The van der Waals surface area contributed by atoms with E-state index in [1.807, 2.05) is 12.1 Å². The lowest BCUT2D eigenvalue weighted by Gasteiger charge is -2.38. The van der Waals surface area contributed by atoms with Crippen LogP contribution in [0.15, 0.2) is 53.1 Å². The van der Waals surface area contributed by atoms with Crippen LogP contribution < -0.4 is 10.6 Å². The van der Waals surface area contributed by atoms with Gasteiger partial charge in [0.15, 0.2) is 5.11 Å². The Balaban J connectivity index is 1.65. The summed E-state index contributed by atoms with van der Waals surface area (Å²) in [6.07, 6.45) is 3.72. The minimum absolute atomic E-state index is 0.0540. The first-order valence-corrected chi connectivity index (χ1v) is 9.18. The Labute approximate surface area is 156 Å². The van der Waals surface area contributed by atoms with E-state index in [4.69, 9.17) is 17.0 Å². The number of halogens is 1. The zero-order valence-corrected chi connectivity index (χ0v) is 15.7. The van der Waals surface area contributed by atoms with E-state index in [1.54, 1.807) is 6.20 Å². The number of thiocarbonyl (C=S) groups is 1. The van der Waals surface area contributed by atoms with Crippen LogP contribution in [-0.2, 0) is 10.2 Å². The molecule has 1 aromatic heterocycles. The molecule has 0 unspecified atom stereocenters. The molecule has 0 saturated carbocycles. The van der Waals surface area contributed by atoms with E-state index in [0.29, 0.717) is 5.11 Å². The normalized spacial score (nSPS) is 16.4. The highest BCUT2D eigenvalue weighted by molar-refractivity contribution is 9.10. The van der Waals surface area contributed by atoms with Crippen LogP contribution in [0.25, 0.3) is 0 Å². The third kappa shape index (κ3) is 4.32. The van der Waals surface area contributed by atoms with E-state index in [2.05, 4.69) is 61.9 Å². The summed E-state index contributed by atoms with van der Waals surface area (Å²) in [4.78, 5) is 4.28. The average Bonchev–Trinajstić information content (AvgIpc) is 2.63. The summed E-state index contributed by atoms with van der Waals surface area (Å²) in [5, 5.41) is 7.09. The predicted octanol–water partition coefficient (Wildman–Crippen LogP) is 3.88. The summed E-state index contributed by atoms with van der Waals surface area (Å²) in [6, 6.07) is 14.4. The summed E-state index contributed by atoms with van der Waals surface area (Å²) in [6.45, 7) is 2.35. The quantitative estimate of drug-likeness (QED) is 0.755. The molecule has 2 heterocycles. The Bertz CT molecular complexity index is 672. The summed E-state index contributed by atoms with van der Waals surface area (Å²) in [5.74, 6) is 0.733. The van der Waals surface area contributed by atoms with Gasteiger partial charge >= 0.3 is 0 Å². The first-order chi connectivity index (χ1) is 11.7. The third-order valence-corrected chi connectivity index (χ3v) is 5.11. The topological polar surface area (TPSA) is 46.2 Å². The van der Waals surface area contributed by atoms with Crippen LogP contribution in [0.4, 0.5) is 5.82 Å². The van der Waals surface area contributed by atoms with Gasteiger partial charge < -0.3 is 15.4 Å². The van der Waals surface area contributed by atoms with Crippen molar-refractivity contribution in [3.05, 3.63) is 58.7 Å². The molecule has 0 spiro atoms. The molecule has 24 heavy (non-hydrogen) atoms. The van der Waals surface area contributed by atoms with E-state index in [9.17, 15) is 0 Å². The zero-order chi connectivity index (χ0) is 16.8. The van der Waals surface area contributed by atoms with Gasteiger partial charge in [-0.1, -0.05) is 30.3 Å². The molecule has 2 N–H and O–H groups in total. The van der Waals surface area contributed by atoms with Gasteiger partial charge in [-0.3, -0.25) is 0 Å². The molecule has 1 saturated heterocycles. The Kier molecular flexibility index (Phi) is 5.81. The molecule has 1 aromatic carbocycles. The molecule has 3 rings (SSSR count). The van der Waals surface area contributed by atoms with Crippen LogP contribution in [0, 0.1) is 0 Å². The fraction of sp³-hybridized carbons (Fsp3) is 0.333. The summed E-state index contributed by atoms with van der Waals surface area (Å²) < 4.78 is 6.51. The molecule has 4 nitrogen and oxygen atoms in total. The molecule has 0 radical (unpaired) electrons. The summed E-state index contributed by atoms with van der Waals surface area (Å²) >= 11 is 8.81. The second-order valence-corrected chi connectivity index (χ2v) is 7.25. The van der Waals surface area contributed by atoms with Crippen molar-refractivity contribution in [2.45, 2.75) is 18.3 Å². The van der Waals surface area contributed by atoms with Crippen molar-refractivity contribution >= 4 is 39.1 Å². The second kappa shape index (κ2) is 8.05. The minimum atomic E-state index is 0.0540. The molecular formula is C18H20BrN3OS. The van der Waals surface area contributed by atoms with Crippen molar-refractivity contribution in [2.24, 2.45) is 0 Å². The van der Waals surface area contributed by atoms with Crippen molar-refractivity contribution in [3.8, 4) is 0 Å². The van der Waals surface area contributed by atoms with Crippen molar-refractivity contribution in [3.63, 3.8) is 0 Å². The summed E-state index contributed by atoms with van der Waals surface area (Å²) in [5.41, 5.74) is 1.39. The smallest absolute Gasteiger partial charge is 0.171 e. The Morgan fingerprint density at radius 3 is 2.58 bits per heavy atom. The van der Waals surface area contributed by atoms with Gasteiger partial charge in [0.05, 0.1) is 0 Å². The molecule has 0 aliphatic carbocycles. The number of rotatable bonds is 4. The standard InChI is InChI=1S/C18H20BrN3OS/c19-15-6-7-16(20-12-15)22-17(24)21-13-18(8-10-23-11-9-18)14-4-2-1-3-5-14/h1-7,12H,8-11,13H2,(H2,20,21,22,24). The van der Waals surface area contributed by atoms with Crippen molar-refractivity contribution < 1.29 is 4.74 Å². The molecular weight excluding hydrogens is 386 g/mol. The van der Waals surface area contributed by atoms with E-state index in [0.717, 1.165) is 42.9 Å². The molecule has 0 bridgehead atoms. The number of hydrogen-bond donors (Lipinski definition) is 2. The van der Waals surface area contributed by atoms with Crippen molar-refractivity contribution in [1.29, 1.82) is 0 Å². The van der Waals surface area contributed by atoms with Crippen LogP contribution in [-0.4, -0.2) is 29.9 Å². The van der Waals surface area contributed by atoms with Crippen LogP contribution in [0.5, 0.6) is 0 Å². The van der Waals surface area contributed by atoms with Gasteiger partial charge in [-0.25, -0.2) is 4.98 Å². The number of benzene rings is 1. The number of anilines is 1. The van der Waals surface area contributed by atoms with Crippen LogP contribution in [0.2, 0.25) is 0 Å². The van der Waals surface area contributed by atoms with Crippen molar-refractivity contribution in [2.75, 3.05) is 25.1 Å². The second-order valence-electron chi connectivity index (χ2n) is 5.93. The highest BCUT2D eigenvalue weighted by Crippen LogP contribution is 2.34. The first-order valence-electron chi connectivity index (χ1n) is 7.98. The highest BCUT2D eigenvalue weighted by atomic mass is 79.9. The lowest BCUT2D eigenvalue weighted by Crippen LogP contribution is -2.45. The molecule has 1 fully saturated rings.